The Kier molecular flexibility index (Phi) is 3.60. The first-order chi connectivity index (χ1) is 11.7. The van der Waals surface area contributed by atoms with Gasteiger partial charge in [0, 0.05) is 25.3 Å². The van der Waals surface area contributed by atoms with Crippen LogP contribution in [0.2, 0.25) is 0 Å². The van der Waals surface area contributed by atoms with Gasteiger partial charge in [-0.1, -0.05) is 12.1 Å². The van der Waals surface area contributed by atoms with E-state index in [1.165, 1.54) is 0 Å². The zero-order valence-electron chi connectivity index (χ0n) is 13.1. The maximum absolute atomic E-state index is 12.7. The molecule has 3 aromatic rings. The number of H-pyrrole nitrogens is 1. The predicted molar refractivity (Wildman–Crippen MR) is 88.8 cm³/mol. The van der Waals surface area contributed by atoms with E-state index in [2.05, 4.69) is 15.2 Å². The highest BCUT2D eigenvalue weighted by molar-refractivity contribution is 5.92. The van der Waals surface area contributed by atoms with Crippen LogP contribution in [0.4, 0.5) is 0 Å². The zero-order chi connectivity index (χ0) is 16.5. The average molecular weight is 323 g/mol. The van der Waals surface area contributed by atoms with Gasteiger partial charge in [0.25, 0.3) is 11.5 Å². The third-order valence-electron chi connectivity index (χ3n) is 4.57. The molecule has 1 aliphatic heterocycles. The SMILES string of the molecule is O=C(c1ccn[nH]1)N1CCC(n2cnc3ccccc3c2=O)CC1. The lowest BCUT2D eigenvalue weighted by Crippen LogP contribution is -2.41. The predicted octanol–water partition coefficient (Wildman–Crippen LogP) is 1.60. The molecule has 24 heavy (non-hydrogen) atoms. The molecule has 1 N–H and O–H groups in total. The van der Waals surface area contributed by atoms with Crippen molar-refractivity contribution < 1.29 is 4.79 Å². The summed E-state index contributed by atoms with van der Waals surface area (Å²) in [7, 11) is 0. The molecule has 0 radical (unpaired) electrons. The van der Waals surface area contributed by atoms with Crippen molar-refractivity contribution in [3.05, 3.63) is 58.9 Å². The number of nitrogens with one attached hydrogen (secondary N) is 1. The van der Waals surface area contributed by atoms with Gasteiger partial charge in [0.2, 0.25) is 0 Å². The van der Waals surface area contributed by atoms with Crippen molar-refractivity contribution >= 4 is 16.8 Å². The van der Waals surface area contributed by atoms with E-state index in [0.717, 1.165) is 12.8 Å². The van der Waals surface area contributed by atoms with Gasteiger partial charge in [-0.05, 0) is 31.0 Å². The summed E-state index contributed by atoms with van der Waals surface area (Å²) in [5.41, 5.74) is 1.20. The molecule has 0 unspecified atom stereocenters. The van der Waals surface area contributed by atoms with Gasteiger partial charge in [-0.2, -0.15) is 5.10 Å². The molecule has 1 saturated heterocycles. The fourth-order valence-corrected chi connectivity index (χ4v) is 3.24. The van der Waals surface area contributed by atoms with Crippen LogP contribution in [0.1, 0.15) is 29.4 Å². The second-order valence-corrected chi connectivity index (χ2v) is 5.97. The molecule has 4 rings (SSSR count). The number of carbonyl (C=O) groups excluding carboxylic acids is 1. The number of carbonyl (C=O) groups is 1. The summed E-state index contributed by atoms with van der Waals surface area (Å²) >= 11 is 0. The molecular weight excluding hydrogens is 306 g/mol. The van der Waals surface area contributed by atoms with Crippen LogP contribution in [0.25, 0.3) is 10.9 Å². The summed E-state index contributed by atoms with van der Waals surface area (Å²) in [5, 5.41) is 7.15. The number of hydrogen-bond donors (Lipinski definition) is 1. The number of aromatic amines is 1. The molecule has 1 aromatic carbocycles. The van der Waals surface area contributed by atoms with Crippen molar-refractivity contribution in [2.24, 2.45) is 0 Å². The number of amides is 1. The Hall–Kier alpha value is -2.96. The van der Waals surface area contributed by atoms with Gasteiger partial charge < -0.3 is 4.90 Å². The number of likely N-dealkylation sites (tertiary alicyclic amines) is 1. The summed E-state index contributed by atoms with van der Waals surface area (Å²) in [6.45, 7) is 1.23. The zero-order valence-corrected chi connectivity index (χ0v) is 13.1. The smallest absolute Gasteiger partial charge is 0.271 e. The second-order valence-electron chi connectivity index (χ2n) is 5.97. The van der Waals surface area contributed by atoms with E-state index < -0.39 is 0 Å². The molecule has 0 spiro atoms. The van der Waals surface area contributed by atoms with Gasteiger partial charge >= 0.3 is 0 Å². The summed E-state index contributed by atoms with van der Waals surface area (Å²) in [5.74, 6) is -0.0464. The largest absolute Gasteiger partial charge is 0.337 e. The Bertz CT molecular complexity index is 924. The molecule has 0 bridgehead atoms. The molecule has 0 aliphatic carbocycles. The Balaban J connectivity index is 1.53. The van der Waals surface area contributed by atoms with Crippen LogP contribution < -0.4 is 5.56 Å². The van der Waals surface area contributed by atoms with Crippen LogP contribution in [0.3, 0.4) is 0 Å². The number of rotatable bonds is 2. The molecule has 0 atom stereocenters. The number of para-hydroxylation sites is 1. The molecular formula is C17H17N5O2. The highest BCUT2D eigenvalue weighted by Gasteiger charge is 2.26. The summed E-state index contributed by atoms with van der Waals surface area (Å²) in [4.78, 5) is 31.2. The number of fused-ring (bicyclic) bond motifs is 1. The van der Waals surface area contributed by atoms with Crippen molar-refractivity contribution in [1.82, 2.24) is 24.6 Å². The highest BCUT2D eigenvalue weighted by Crippen LogP contribution is 2.22. The molecule has 0 saturated carbocycles. The Morgan fingerprint density at radius 3 is 2.71 bits per heavy atom. The number of nitrogens with zero attached hydrogens (tertiary/aromatic N) is 4. The highest BCUT2D eigenvalue weighted by atomic mass is 16.2. The lowest BCUT2D eigenvalue weighted by molar-refractivity contribution is 0.0687. The maximum Gasteiger partial charge on any atom is 0.271 e. The maximum atomic E-state index is 12.7. The van der Waals surface area contributed by atoms with Gasteiger partial charge in [-0.25, -0.2) is 4.98 Å². The third-order valence-corrected chi connectivity index (χ3v) is 4.57. The van der Waals surface area contributed by atoms with E-state index in [1.54, 1.807) is 34.1 Å². The normalized spacial score (nSPS) is 15.8. The Morgan fingerprint density at radius 2 is 1.96 bits per heavy atom. The first-order valence-corrected chi connectivity index (χ1v) is 7.98. The summed E-state index contributed by atoms with van der Waals surface area (Å²) in [6, 6.07) is 9.11. The average Bonchev–Trinajstić information content (AvgIpc) is 3.17. The second kappa shape index (κ2) is 5.92. The van der Waals surface area contributed by atoms with Gasteiger partial charge in [-0.3, -0.25) is 19.3 Å². The third kappa shape index (κ3) is 2.47. The molecule has 1 fully saturated rings. The van der Waals surface area contributed by atoms with E-state index in [1.807, 2.05) is 18.2 Å². The Morgan fingerprint density at radius 1 is 1.17 bits per heavy atom. The van der Waals surface area contributed by atoms with Crippen LogP contribution >= 0.6 is 0 Å². The summed E-state index contributed by atoms with van der Waals surface area (Å²) in [6.07, 6.45) is 4.67. The number of piperidine rings is 1. The first kappa shape index (κ1) is 14.6. The minimum Gasteiger partial charge on any atom is -0.337 e. The lowest BCUT2D eigenvalue weighted by Gasteiger charge is -2.32. The van der Waals surface area contributed by atoms with Crippen LogP contribution in [0.5, 0.6) is 0 Å². The standard InChI is InChI=1S/C17H17N5O2/c23-16-13-3-1-2-4-14(13)18-11-22(16)12-6-9-21(10-7-12)17(24)15-5-8-19-20-15/h1-5,8,11-12H,6-7,9-10H2,(H,19,20). The van der Waals surface area contributed by atoms with Gasteiger partial charge in [-0.15, -0.1) is 0 Å². The Labute approximate surface area is 137 Å². The van der Waals surface area contributed by atoms with E-state index in [-0.39, 0.29) is 17.5 Å². The summed E-state index contributed by atoms with van der Waals surface area (Å²) < 4.78 is 1.71. The number of hydrogen-bond acceptors (Lipinski definition) is 4. The molecule has 7 nitrogen and oxygen atoms in total. The first-order valence-electron chi connectivity index (χ1n) is 7.98. The van der Waals surface area contributed by atoms with Crippen LogP contribution in [-0.2, 0) is 0 Å². The van der Waals surface area contributed by atoms with Crippen molar-refractivity contribution in [3.63, 3.8) is 0 Å². The molecule has 3 heterocycles. The minimum atomic E-state index is -0.0464. The van der Waals surface area contributed by atoms with Crippen molar-refractivity contribution in [2.75, 3.05) is 13.1 Å². The van der Waals surface area contributed by atoms with E-state index in [4.69, 9.17) is 0 Å². The minimum absolute atomic E-state index is 0.0149. The van der Waals surface area contributed by atoms with Crippen LogP contribution in [-0.4, -0.2) is 43.6 Å². The van der Waals surface area contributed by atoms with Gasteiger partial charge in [0.1, 0.15) is 5.69 Å². The van der Waals surface area contributed by atoms with E-state index >= 15 is 0 Å². The van der Waals surface area contributed by atoms with Crippen LogP contribution in [0.15, 0.2) is 47.7 Å². The molecule has 122 valence electrons. The number of benzene rings is 1. The van der Waals surface area contributed by atoms with Crippen molar-refractivity contribution in [1.29, 1.82) is 0 Å². The van der Waals surface area contributed by atoms with Gasteiger partial charge in [0.05, 0.1) is 17.2 Å². The molecule has 2 aromatic heterocycles. The topological polar surface area (TPSA) is 83.9 Å². The van der Waals surface area contributed by atoms with Crippen molar-refractivity contribution in [3.8, 4) is 0 Å². The fraction of sp³-hybridized carbons (Fsp3) is 0.294. The van der Waals surface area contributed by atoms with E-state index in [9.17, 15) is 9.59 Å². The molecule has 7 heteroatoms. The van der Waals surface area contributed by atoms with Crippen LogP contribution in [0, 0.1) is 0 Å². The van der Waals surface area contributed by atoms with Crippen molar-refractivity contribution in [2.45, 2.75) is 18.9 Å². The molecule has 1 aliphatic rings. The quantitative estimate of drug-likeness (QED) is 0.776. The fourth-order valence-electron chi connectivity index (χ4n) is 3.24. The van der Waals surface area contributed by atoms with Gasteiger partial charge in [0.15, 0.2) is 0 Å². The van der Waals surface area contributed by atoms with E-state index in [0.29, 0.717) is 29.7 Å². The molecule has 1 amide bonds. The lowest BCUT2D eigenvalue weighted by atomic mass is 10.0. The monoisotopic (exact) mass is 323 g/mol. The number of aromatic nitrogens is 4.